The molecule has 0 unspecified atom stereocenters. The van der Waals surface area contributed by atoms with Crippen LogP contribution in [0.2, 0.25) is 0 Å². The second-order valence-electron chi connectivity index (χ2n) is 9.84. The van der Waals surface area contributed by atoms with Crippen molar-refractivity contribution in [1.29, 1.82) is 0 Å². The predicted molar refractivity (Wildman–Crippen MR) is 128 cm³/mol. The third-order valence-electron chi connectivity index (χ3n) is 5.60. The molecule has 1 aliphatic rings. The molecule has 0 aromatic heterocycles. The maximum absolute atomic E-state index is 16.1. The van der Waals surface area contributed by atoms with Crippen molar-refractivity contribution in [3.05, 3.63) is 58.9 Å². The van der Waals surface area contributed by atoms with E-state index < -0.39 is 90.3 Å². The lowest BCUT2D eigenvalue weighted by Gasteiger charge is -2.37. The van der Waals surface area contributed by atoms with Crippen LogP contribution in [0.3, 0.4) is 0 Å². The van der Waals surface area contributed by atoms with Crippen LogP contribution >= 0.6 is 0 Å². The predicted octanol–water partition coefficient (Wildman–Crippen LogP) is 5.32. The highest BCUT2D eigenvalue weighted by molar-refractivity contribution is 6.02. The molecule has 0 bridgehead atoms. The van der Waals surface area contributed by atoms with E-state index >= 15 is 13.2 Å². The smallest absolute Gasteiger partial charge is 0.471 e. The molecule has 0 spiro atoms. The van der Waals surface area contributed by atoms with Gasteiger partial charge in [-0.25, -0.2) is 9.18 Å². The molecule has 2 aromatic carbocycles. The number of hydrogen-bond donors (Lipinski definition) is 0. The van der Waals surface area contributed by atoms with Gasteiger partial charge >= 0.3 is 24.1 Å². The minimum Gasteiger partial charge on any atom is -0.487 e. The molecule has 14 heteroatoms. The van der Waals surface area contributed by atoms with Crippen LogP contribution < -0.4 is 9.64 Å². The van der Waals surface area contributed by atoms with Crippen molar-refractivity contribution in [2.45, 2.75) is 51.6 Å². The average Bonchev–Trinajstić information content (AvgIpc) is 2.85. The van der Waals surface area contributed by atoms with Crippen LogP contribution in [0.15, 0.2) is 36.4 Å². The first kappa shape index (κ1) is 30.6. The summed E-state index contributed by atoms with van der Waals surface area (Å²) < 4.78 is 102. The number of halogens is 6. The fourth-order valence-electron chi connectivity index (χ4n) is 3.86. The van der Waals surface area contributed by atoms with E-state index in [2.05, 4.69) is 4.74 Å². The van der Waals surface area contributed by atoms with Gasteiger partial charge in [-0.3, -0.25) is 19.4 Å². The fourth-order valence-corrected chi connectivity index (χ4v) is 3.86. The van der Waals surface area contributed by atoms with E-state index in [1.54, 1.807) is 30.3 Å². The zero-order valence-electron chi connectivity index (χ0n) is 21.9. The maximum atomic E-state index is 16.1. The molecule has 0 N–H and O–H groups in total. The van der Waals surface area contributed by atoms with E-state index in [4.69, 9.17) is 9.47 Å². The number of methoxy groups -OCH3 is 1. The summed E-state index contributed by atoms with van der Waals surface area (Å²) in [5, 5.41) is 0. The van der Waals surface area contributed by atoms with Crippen molar-refractivity contribution in [3.8, 4) is 5.75 Å². The summed E-state index contributed by atoms with van der Waals surface area (Å²) in [7, 11) is 0.827. The molecule has 8 nitrogen and oxygen atoms in total. The quantitative estimate of drug-likeness (QED) is 0.342. The van der Waals surface area contributed by atoms with Crippen molar-refractivity contribution in [3.63, 3.8) is 0 Å². The molecule has 1 heterocycles. The van der Waals surface area contributed by atoms with Crippen molar-refractivity contribution in [1.82, 2.24) is 4.90 Å². The lowest BCUT2D eigenvalue weighted by molar-refractivity contribution is -0.171. The molecule has 0 radical (unpaired) electrons. The summed E-state index contributed by atoms with van der Waals surface area (Å²) >= 11 is 0. The number of alkyl halides is 5. The SMILES string of the molecule is COC(=O)CN(C(=O)C(F)(F)F)c1c(OCc2ccccc2)cc2c(c1F)CN(C(=O)OC(C)(C)C)CC2(F)F. The number of nitrogens with zero attached hydrogens (tertiary/aromatic N) is 2. The van der Waals surface area contributed by atoms with Gasteiger partial charge in [0.1, 0.15) is 30.2 Å². The first-order chi connectivity index (χ1) is 18.4. The highest BCUT2D eigenvalue weighted by atomic mass is 19.4. The molecule has 0 saturated carbocycles. The molecule has 0 atom stereocenters. The summed E-state index contributed by atoms with van der Waals surface area (Å²) in [5.74, 6) is -10.5. The number of fused-ring (bicyclic) bond motifs is 1. The lowest BCUT2D eigenvalue weighted by atomic mass is 9.94. The molecular formula is C26H26F6N2O6. The number of anilines is 1. The number of amides is 2. The fraction of sp³-hybridized carbons (Fsp3) is 0.423. The minimum absolute atomic E-state index is 0.285. The normalized spacial score (nSPS) is 14.7. The van der Waals surface area contributed by atoms with Crippen LogP contribution in [0.25, 0.3) is 0 Å². The highest BCUT2D eigenvalue weighted by Crippen LogP contribution is 2.46. The van der Waals surface area contributed by atoms with Crippen LogP contribution in [-0.2, 0) is 38.1 Å². The molecule has 2 aromatic rings. The summed E-state index contributed by atoms with van der Waals surface area (Å²) in [5.41, 5.74) is -3.72. The van der Waals surface area contributed by atoms with E-state index in [1.807, 2.05) is 0 Å². The Balaban J connectivity index is 2.21. The van der Waals surface area contributed by atoms with Crippen LogP contribution in [0, 0.1) is 5.82 Å². The van der Waals surface area contributed by atoms with Crippen LogP contribution in [0.4, 0.5) is 36.8 Å². The maximum Gasteiger partial charge on any atom is 0.471 e. The molecule has 3 rings (SSSR count). The van der Waals surface area contributed by atoms with Crippen LogP contribution in [-0.4, -0.2) is 54.8 Å². The van der Waals surface area contributed by atoms with Gasteiger partial charge in [-0.2, -0.15) is 22.0 Å². The monoisotopic (exact) mass is 576 g/mol. The Morgan fingerprint density at radius 2 is 1.70 bits per heavy atom. The van der Waals surface area contributed by atoms with Gasteiger partial charge in [0.25, 0.3) is 5.92 Å². The molecule has 40 heavy (non-hydrogen) atoms. The number of ether oxygens (including phenoxy) is 3. The third-order valence-corrected chi connectivity index (χ3v) is 5.60. The topological polar surface area (TPSA) is 85.4 Å². The largest absolute Gasteiger partial charge is 0.487 e. The Kier molecular flexibility index (Phi) is 8.60. The number of hydrogen-bond acceptors (Lipinski definition) is 6. The number of carbonyl (C=O) groups is 3. The first-order valence-electron chi connectivity index (χ1n) is 11.8. The first-order valence-corrected chi connectivity index (χ1v) is 11.8. The molecule has 0 fully saturated rings. The van der Waals surface area contributed by atoms with Gasteiger partial charge in [-0.1, -0.05) is 30.3 Å². The zero-order valence-corrected chi connectivity index (χ0v) is 21.9. The van der Waals surface area contributed by atoms with E-state index in [9.17, 15) is 27.6 Å². The Hall–Kier alpha value is -3.97. The Morgan fingerprint density at radius 1 is 1.07 bits per heavy atom. The Bertz CT molecular complexity index is 1280. The highest BCUT2D eigenvalue weighted by Gasteiger charge is 2.49. The molecule has 2 amide bonds. The van der Waals surface area contributed by atoms with Gasteiger partial charge in [-0.05, 0) is 32.4 Å². The Labute approximate surface area is 225 Å². The average molecular weight is 576 g/mol. The van der Waals surface area contributed by atoms with E-state index in [0.29, 0.717) is 16.5 Å². The molecule has 1 aliphatic heterocycles. The standard InChI is InChI=1S/C26H26F6N2O6/c1-24(2,3)40-23(37)33-11-16-17(25(28,29)14-33)10-18(39-13-15-8-6-5-7-9-15)21(20(16)27)34(12-19(35)38-4)22(36)26(30,31)32/h5-10H,11-14H2,1-4H3. The number of carbonyl (C=O) groups excluding carboxylic acids is 3. The number of esters is 1. The van der Waals surface area contributed by atoms with E-state index in [0.717, 1.165) is 7.11 Å². The second kappa shape index (κ2) is 11.3. The van der Waals surface area contributed by atoms with Crippen LogP contribution in [0.5, 0.6) is 5.75 Å². The van der Waals surface area contributed by atoms with Crippen molar-refractivity contribution in [2.24, 2.45) is 0 Å². The zero-order chi connectivity index (χ0) is 30.0. The van der Waals surface area contributed by atoms with Gasteiger partial charge in [0.05, 0.1) is 20.2 Å². The lowest BCUT2D eigenvalue weighted by Crippen LogP contribution is -2.47. The molecule has 0 saturated heterocycles. The molecule has 0 aliphatic carbocycles. The van der Waals surface area contributed by atoms with Gasteiger partial charge in [-0.15, -0.1) is 0 Å². The molecule has 218 valence electrons. The summed E-state index contributed by atoms with van der Waals surface area (Å²) in [4.78, 5) is 37.1. The van der Waals surface area contributed by atoms with Gasteiger partial charge < -0.3 is 14.2 Å². The summed E-state index contributed by atoms with van der Waals surface area (Å²) in [6.07, 6.45) is -6.82. The van der Waals surface area contributed by atoms with Gasteiger partial charge in [0, 0.05) is 11.1 Å². The number of rotatable bonds is 6. The summed E-state index contributed by atoms with van der Waals surface area (Å²) in [6.45, 7) is 0.547. The number of benzene rings is 2. The van der Waals surface area contributed by atoms with Crippen molar-refractivity contribution < 1.29 is 54.9 Å². The van der Waals surface area contributed by atoms with Crippen LogP contribution in [0.1, 0.15) is 37.5 Å². The van der Waals surface area contributed by atoms with Gasteiger partial charge in [0.2, 0.25) is 0 Å². The Morgan fingerprint density at radius 3 is 2.25 bits per heavy atom. The molecular weight excluding hydrogens is 550 g/mol. The van der Waals surface area contributed by atoms with E-state index in [-0.39, 0.29) is 4.90 Å². The van der Waals surface area contributed by atoms with Crippen molar-refractivity contribution in [2.75, 3.05) is 25.1 Å². The third kappa shape index (κ3) is 6.96. The minimum atomic E-state index is -5.60. The summed E-state index contributed by atoms with van der Waals surface area (Å²) in [6, 6.07) is 8.57. The second-order valence-corrected chi connectivity index (χ2v) is 9.84. The van der Waals surface area contributed by atoms with Crippen molar-refractivity contribution >= 4 is 23.7 Å². The van der Waals surface area contributed by atoms with E-state index in [1.165, 1.54) is 20.8 Å². The van der Waals surface area contributed by atoms with Gasteiger partial charge in [0.15, 0.2) is 5.82 Å².